The van der Waals surface area contributed by atoms with Crippen molar-refractivity contribution >= 4 is 17.5 Å². The van der Waals surface area contributed by atoms with Gasteiger partial charge in [-0.1, -0.05) is 23.9 Å². The number of allylic oxidation sites excluding steroid dienone is 2. The summed E-state index contributed by atoms with van der Waals surface area (Å²) in [6.45, 7) is 1.93. The van der Waals surface area contributed by atoms with E-state index in [0.29, 0.717) is 6.42 Å². The van der Waals surface area contributed by atoms with Gasteiger partial charge in [-0.3, -0.25) is 4.79 Å². The molecule has 0 amide bonds. The minimum absolute atomic E-state index is 0.286. The number of carbonyl (C=O) groups excluding carboxylic acids is 1. The molecule has 0 heterocycles. The molecular formula is C14H16O2S. The fourth-order valence-corrected chi connectivity index (χ4v) is 3.08. The number of hydrogen-bond donors (Lipinski definition) is 0. The van der Waals surface area contributed by atoms with Crippen LogP contribution in [0.1, 0.15) is 26.2 Å². The van der Waals surface area contributed by atoms with E-state index in [1.54, 1.807) is 18.9 Å². The number of thioether (sulfide) groups is 1. The van der Waals surface area contributed by atoms with Crippen molar-refractivity contribution in [2.45, 2.75) is 31.1 Å². The molecule has 3 heteroatoms. The molecule has 1 aromatic carbocycles. The maximum atomic E-state index is 11.6. The number of ether oxygens (including phenoxy) is 1. The lowest BCUT2D eigenvalue weighted by atomic mass is 9.99. The van der Waals surface area contributed by atoms with Crippen LogP contribution in [0.15, 0.2) is 39.6 Å². The molecule has 1 aliphatic rings. The molecule has 0 atom stereocenters. The molecule has 2 nitrogen and oxygen atoms in total. The number of para-hydroxylation sites is 1. The standard InChI is InChI=1S/C14H16O2S/c1-10-11(15)6-5-9-13(10)17-14-8-4-3-7-12(14)16-2/h3-4,7-8H,5-6,9H2,1-2H3. The van der Waals surface area contributed by atoms with Gasteiger partial charge in [0, 0.05) is 12.0 Å². The molecule has 0 aromatic heterocycles. The third-order valence-electron chi connectivity index (χ3n) is 2.95. The van der Waals surface area contributed by atoms with E-state index < -0.39 is 0 Å². The fraction of sp³-hybridized carbons (Fsp3) is 0.357. The molecule has 0 N–H and O–H groups in total. The lowest BCUT2D eigenvalue weighted by molar-refractivity contribution is -0.115. The zero-order valence-electron chi connectivity index (χ0n) is 10.2. The summed E-state index contributed by atoms with van der Waals surface area (Å²) in [4.78, 5) is 13.9. The quantitative estimate of drug-likeness (QED) is 0.813. The summed E-state index contributed by atoms with van der Waals surface area (Å²) in [6.07, 6.45) is 2.66. The van der Waals surface area contributed by atoms with Crippen LogP contribution >= 0.6 is 11.8 Å². The highest BCUT2D eigenvalue weighted by atomic mass is 32.2. The summed E-state index contributed by atoms with van der Waals surface area (Å²) in [5, 5.41) is 0. The van der Waals surface area contributed by atoms with Crippen molar-refractivity contribution < 1.29 is 9.53 Å². The Labute approximate surface area is 106 Å². The number of methoxy groups -OCH3 is 1. The van der Waals surface area contributed by atoms with Crippen LogP contribution < -0.4 is 4.74 Å². The van der Waals surface area contributed by atoms with E-state index in [1.165, 1.54) is 4.91 Å². The predicted molar refractivity (Wildman–Crippen MR) is 70.4 cm³/mol. The molecule has 0 saturated carbocycles. The van der Waals surface area contributed by atoms with Crippen molar-refractivity contribution in [2.24, 2.45) is 0 Å². The Kier molecular flexibility index (Phi) is 3.89. The largest absolute Gasteiger partial charge is 0.496 e. The molecule has 90 valence electrons. The van der Waals surface area contributed by atoms with Gasteiger partial charge in [0.25, 0.3) is 0 Å². The predicted octanol–water partition coefficient (Wildman–Crippen LogP) is 3.81. The van der Waals surface area contributed by atoms with E-state index in [0.717, 1.165) is 29.1 Å². The number of benzene rings is 1. The van der Waals surface area contributed by atoms with Crippen molar-refractivity contribution in [3.8, 4) is 5.75 Å². The lowest BCUT2D eigenvalue weighted by Crippen LogP contribution is -2.07. The SMILES string of the molecule is COc1ccccc1SC1=C(C)C(=O)CCC1. The van der Waals surface area contributed by atoms with Gasteiger partial charge < -0.3 is 4.74 Å². The topological polar surface area (TPSA) is 26.3 Å². The Morgan fingerprint density at radius 2 is 2.00 bits per heavy atom. The Hall–Kier alpha value is -1.22. The van der Waals surface area contributed by atoms with Gasteiger partial charge >= 0.3 is 0 Å². The first-order valence-corrected chi connectivity index (χ1v) is 6.58. The van der Waals surface area contributed by atoms with Gasteiger partial charge in [0.2, 0.25) is 0 Å². The minimum atomic E-state index is 0.286. The van der Waals surface area contributed by atoms with Crippen molar-refractivity contribution in [1.82, 2.24) is 0 Å². The average molecular weight is 248 g/mol. The smallest absolute Gasteiger partial charge is 0.159 e. The van der Waals surface area contributed by atoms with Crippen molar-refractivity contribution in [3.05, 3.63) is 34.7 Å². The van der Waals surface area contributed by atoms with Gasteiger partial charge in [0.15, 0.2) is 5.78 Å². The first-order valence-electron chi connectivity index (χ1n) is 5.76. The van der Waals surface area contributed by atoms with Crippen LogP contribution in [0, 0.1) is 0 Å². The molecule has 0 spiro atoms. The van der Waals surface area contributed by atoms with Crippen LogP contribution in [0.2, 0.25) is 0 Å². The number of rotatable bonds is 3. The maximum Gasteiger partial charge on any atom is 0.159 e. The Morgan fingerprint density at radius 1 is 1.24 bits per heavy atom. The van der Waals surface area contributed by atoms with E-state index in [1.807, 2.05) is 31.2 Å². The molecule has 1 aliphatic carbocycles. The molecule has 0 aliphatic heterocycles. The number of ketones is 1. The van der Waals surface area contributed by atoms with E-state index in [-0.39, 0.29) is 5.78 Å². The van der Waals surface area contributed by atoms with Gasteiger partial charge in [-0.05, 0) is 36.8 Å². The first-order chi connectivity index (χ1) is 8.22. The van der Waals surface area contributed by atoms with Crippen molar-refractivity contribution in [3.63, 3.8) is 0 Å². The van der Waals surface area contributed by atoms with E-state index in [4.69, 9.17) is 4.74 Å². The van der Waals surface area contributed by atoms with Crippen LogP contribution in [-0.2, 0) is 4.79 Å². The number of Topliss-reactive ketones (excluding diaryl/α,β-unsaturated/α-hetero) is 1. The van der Waals surface area contributed by atoms with Crippen LogP contribution in [0.3, 0.4) is 0 Å². The second kappa shape index (κ2) is 5.41. The average Bonchev–Trinajstić information content (AvgIpc) is 2.35. The molecule has 0 unspecified atom stereocenters. The molecule has 1 aromatic rings. The summed E-state index contributed by atoms with van der Waals surface area (Å²) in [5.74, 6) is 1.16. The third-order valence-corrected chi connectivity index (χ3v) is 4.26. The second-order valence-corrected chi connectivity index (χ2v) is 5.21. The highest BCUT2D eigenvalue weighted by Gasteiger charge is 2.18. The Balaban J connectivity index is 2.26. The summed E-state index contributed by atoms with van der Waals surface area (Å²) in [6, 6.07) is 7.92. The summed E-state index contributed by atoms with van der Waals surface area (Å²) in [5.41, 5.74) is 0.923. The third kappa shape index (κ3) is 2.72. The molecule has 2 rings (SSSR count). The molecular weight excluding hydrogens is 232 g/mol. The van der Waals surface area contributed by atoms with Crippen LogP contribution in [0.25, 0.3) is 0 Å². The van der Waals surface area contributed by atoms with Gasteiger partial charge in [-0.2, -0.15) is 0 Å². The van der Waals surface area contributed by atoms with Crippen LogP contribution in [0.5, 0.6) is 5.75 Å². The lowest BCUT2D eigenvalue weighted by Gasteiger charge is -2.17. The van der Waals surface area contributed by atoms with Crippen LogP contribution in [0.4, 0.5) is 0 Å². The van der Waals surface area contributed by atoms with E-state index >= 15 is 0 Å². The molecule has 0 saturated heterocycles. The number of hydrogen-bond acceptors (Lipinski definition) is 3. The maximum absolute atomic E-state index is 11.6. The van der Waals surface area contributed by atoms with Gasteiger partial charge in [-0.25, -0.2) is 0 Å². The molecule has 0 fully saturated rings. The van der Waals surface area contributed by atoms with Gasteiger partial charge in [0.05, 0.1) is 12.0 Å². The first kappa shape index (κ1) is 12.2. The summed E-state index contributed by atoms with van der Waals surface area (Å²) < 4.78 is 5.32. The monoisotopic (exact) mass is 248 g/mol. The van der Waals surface area contributed by atoms with Crippen LogP contribution in [-0.4, -0.2) is 12.9 Å². The van der Waals surface area contributed by atoms with E-state index in [2.05, 4.69) is 0 Å². The second-order valence-electron chi connectivity index (χ2n) is 4.08. The van der Waals surface area contributed by atoms with E-state index in [9.17, 15) is 4.79 Å². The Bertz CT molecular complexity index is 463. The molecule has 17 heavy (non-hydrogen) atoms. The highest BCUT2D eigenvalue weighted by molar-refractivity contribution is 8.03. The normalized spacial score (nSPS) is 16.2. The summed E-state index contributed by atoms with van der Waals surface area (Å²) in [7, 11) is 1.67. The zero-order chi connectivity index (χ0) is 12.3. The highest BCUT2D eigenvalue weighted by Crippen LogP contribution is 2.39. The number of carbonyl (C=O) groups is 1. The minimum Gasteiger partial charge on any atom is -0.496 e. The fourth-order valence-electron chi connectivity index (χ4n) is 1.90. The van der Waals surface area contributed by atoms with Crippen molar-refractivity contribution in [1.29, 1.82) is 0 Å². The molecule has 0 bridgehead atoms. The van der Waals surface area contributed by atoms with Gasteiger partial charge in [0.1, 0.15) is 5.75 Å². The summed E-state index contributed by atoms with van der Waals surface area (Å²) >= 11 is 1.66. The van der Waals surface area contributed by atoms with Crippen molar-refractivity contribution in [2.75, 3.05) is 7.11 Å². The molecule has 0 radical (unpaired) electrons. The van der Waals surface area contributed by atoms with Gasteiger partial charge in [-0.15, -0.1) is 0 Å². The zero-order valence-corrected chi connectivity index (χ0v) is 11.0. The Morgan fingerprint density at radius 3 is 2.76 bits per heavy atom.